The first-order chi connectivity index (χ1) is 16.3. The SMILES string of the molecule is CSc1cccc(NC(=O)n2ccc(-c3sc(SC4CCCC4)c4c3CC(C)(C)CC4=O)n2)c1. The molecule has 1 aromatic carbocycles. The second kappa shape index (κ2) is 9.55. The summed E-state index contributed by atoms with van der Waals surface area (Å²) < 4.78 is 2.50. The lowest BCUT2D eigenvalue weighted by atomic mass is 9.74. The number of thioether (sulfide) groups is 2. The topological polar surface area (TPSA) is 64.0 Å². The lowest BCUT2D eigenvalue weighted by Crippen LogP contribution is -2.26. The fourth-order valence-electron chi connectivity index (χ4n) is 4.84. The second-order valence-electron chi connectivity index (χ2n) is 9.85. The quantitative estimate of drug-likeness (QED) is 0.357. The van der Waals surface area contributed by atoms with Gasteiger partial charge in [-0.3, -0.25) is 4.79 Å². The number of fused-ring (bicyclic) bond motifs is 1. The summed E-state index contributed by atoms with van der Waals surface area (Å²) in [5.41, 5.74) is 3.47. The molecule has 5 rings (SSSR count). The lowest BCUT2D eigenvalue weighted by Gasteiger charge is -2.29. The van der Waals surface area contributed by atoms with Crippen LogP contribution in [0.5, 0.6) is 0 Å². The van der Waals surface area contributed by atoms with Gasteiger partial charge < -0.3 is 5.32 Å². The van der Waals surface area contributed by atoms with Gasteiger partial charge >= 0.3 is 6.03 Å². The Hall–Kier alpha value is -2.03. The Balaban J connectivity index is 1.45. The van der Waals surface area contributed by atoms with Crippen molar-refractivity contribution in [1.29, 1.82) is 0 Å². The van der Waals surface area contributed by atoms with Crippen LogP contribution in [0, 0.1) is 5.41 Å². The van der Waals surface area contributed by atoms with Crippen molar-refractivity contribution in [2.75, 3.05) is 11.6 Å². The monoisotopic (exact) mass is 511 g/mol. The smallest absolute Gasteiger partial charge is 0.306 e. The number of carbonyl (C=O) groups excluding carboxylic acids is 2. The van der Waals surface area contributed by atoms with Gasteiger partial charge in [-0.2, -0.15) is 9.78 Å². The fraction of sp³-hybridized carbons (Fsp3) is 0.423. The molecule has 3 aromatic rings. The van der Waals surface area contributed by atoms with Crippen LogP contribution in [0.15, 0.2) is 45.6 Å². The molecule has 2 aliphatic rings. The average Bonchev–Trinajstić information content (AvgIpc) is 3.53. The van der Waals surface area contributed by atoms with Crippen molar-refractivity contribution < 1.29 is 9.59 Å². The normalized spacial score (nSPS) is 17.7. The van der Waals surface area contributed by atoms with Gasteiger partial charge in [0.15, 0.2) is 5.78 Å². The van der Waals surface area contributed by atoms with Crippen LogP contribution in [0.4, 0.5) is 10.5 Å². The van der Waals surface area contributed by atoms with Crippen molar-refractivity contribution in [3.63, 3.8) is 0 Å². The van der Waals surface area contributed by atoms with Crippen molar-refractivity contribution in [2.45, 2.75) is 66.7 Å². The van der Waals surface area contributed by atoms with Crippen molar-refractivity contribution in [1.82, 2.24) is 9.78 Å². The minimum Gasteiger partial charge on any atom is -0.306 e. The number of ketones is 1. The molecule has 1 N–H and O–H groups in total. The number of aromatic nitrogens is 2. The van der Waals surface area contributed by atoms with Crippen LogP contribution >= 0.6 is 34.9 Å². The maximum Gasteiger partial charge on any atom is 0.346 e. The van der Waals surface area contributed by atoms with Crippen molar-refractivity contribution >= 4 is 52.4 Å². The van der Waals surface area contributed by atoms with E-state index < -0.39 is 0 Å². The van der Waals surface area contributed by atoms with E-state index in [2.05, 4.69) is 24.3 Å². The highest BCUT2D eigenvalue weighted by Crippen LogP contribution is 2.50. The molecular weight excluding hydrogens is 483 g/mol. The largest absolute Gasteiger partial charge is 0.346 e. The van der Waals surface area contributed by atoms with Gasteiger partial charge in [0.05, 0.1) is 9.09 Å². The number of Topliss-reactive ketones (excluding diaryl/α,β-unsaturated/α-hetero) is 1. The molecule has 0 saturated heterocycles. The first kappa shape index (κ1) is 23.7. The van der Waals surface area contributed by atoms with Crippen LogP contribution in [0.25, 0.3) is 10.6 Å². The zero-order valence-electron chi connectivity index (χ0n) is 19.7. The number of thiophene rings is 1. The minimum absolute atomic E-state index is 0.0720. The van der Waals surface area contributed by atoms with E-state index in [-0.39, 0.29) is 17.2 Å². The Kier molecular flexibility index (Phi) is 6.66. The molecular formula is C26H29N3O2S3. The van der Waals surface area contributed by atoms with Gasteiger partial charge in [-0.15, -0.1) is 34.9 Å². The fourth-order valence-corrected chi connectivity index (χ4v) is 8.42. The van der Waals surface area contributed by atoms with Gasteiger partial charge in [-0.1, -0.05) is 32.8 Å². The van der Waals surface area contributed by atoms with E-state index in [0.29, 0.717) is 11.7 Å². The highest BCUT2D eigenvalue weighted by molar-refractivity contribution is 8.01. The Morgan fingerprint density at radius 3 is 2.76 bits per heavy atom. The van der Waals surface area contributed by atoms with E-state index >= 15 is 0 Å². The summed E-state index contributed by atoms with van der Waals surface area (Å²) in [4.78, 5) is 28.2. The molecule has 2 heterocycles. The number of nitrogens with zero attached hydrogens (tertiary/aromatic N) is 2. The molecule has 2 aromatic heterocycles. The molecule has 0 bridgehead atoms. The molecule has 5 nitrogen and oxygen atoms in total. The summed E-state index contributed by atoms with van der Waals surface area (Å²) in [7, 11) is 0. The van der Waals surface area contributed by atoms with Crippen LogP contribution in [-0.4, -0.2) is 33.1 Å². The third-order valence-electron chi connectivity index (χ3n) is 6.47. The molecule has 34 heavy (non-hydrogen) atoms. The molecule has 0 unspecified atom stereocenters. The highest BCUT2D eigenvalue weighted by Gasteiger charge is 2.37. The maximum atomic E-state index is 13.2. The number of amides is 1. The highest BCUT2D eigenvalue weighted by atomic mass is 32.2. The van der Waals surface area contributed by atoms with E-state index in [1.165, 1.54) is 30.4 Å². The standard InChI is InChI=1S/C26H29N3O2S3/c1-26(2)14-19-22(21(30)15-26)24(33-17-8-4-5-9-17)34-23(19)20-11-12-29(28-20)25(31)27-16-7-6-10-18(13-16)32-3/h6-7,10-13,17H,4-5,8-9,14-15H2,1-3H3,(H,27,31). The summed E-state index contributed by atoms with van der Waals surface area (Å²) in [6, 6.07) is 9.35. The van der Waals surface area contributed by atoms with Gasteiger partial charge in [0, 0.05) is 34.0 Å². The predicted octanol–water partition coefficient (Wildman–Crippen LogP) is 7.60. The second-order valence-corrected chi connectivity index (χ2v) is 13.3. The summed E-state index contributed by atoms with van der Waals surface area (Å²) in [6.45, 7) is 4.32. The van der Waals surface area contributed by atoms with E-state index in [0.717, 1.165) is 42.9 Å². The first-order valence-electron chi connectivity index (χ1n) is 11.7. The van der Waals surface area contributed by atoms with Crippen molar-refractivity contribution in [2.24, 2.45) is 5.41 Å². The number of hydrogen-bond acceptors (Lipinski definition) is 6. The van der Waals surface area contributed by atoms with Gasteiger partial charge in [0.2, 0.25) is 0 Å². The predicted molar refractivity (Wildman–Crippen MR) is 143 cm³/mol. The third-order valence-corrected chi connectivity index (χ3v) is 10.0. The number of anilines is 1. The zero-order chi connectivity index (χ0) is 23.9. The molecule has 8 heteroatoms. The minimum atomic E-state index is -0.299. The molecule has 0 aliphatic heterocycles. The Labute approximate surface area is 213 Å². The van der Waals surface area contributed by atoms with Crippen molar-refractivity contribution in [3.05, 3.63) is 47.7 Å². The molecule has 1 fully saturated rings. The van der Waals surface area contributed by atoms with E-state index in [9.17, 15) is 9.59 Å². The molecule has 1 saturated carbocycles. The Bertz CT molecular complexity index is 1240. The van der Waals surface area contributed by atoms with Crippen LogP contribution in [-0.2, 0) is 6.42 Å². The zero-order valence-corrected chi connectivity index (χ0v) is 22.2. The summed E-state index contributed by atoms with van der Waals surface area (Å²) in [5, 5.41) is 8.16. The van der Waals surface area contributed by atoms with Gasteiger partial charge in [0.1, 0.15) is 5.69 Å². The number of nitrogens with one attached hydrogen (secondary N) is 1. The Morgan fingerprint density at radius 1 is 1.21 bits per heavy atom. The van der Waals surface area contributed by atoms with Gasteiger partial charge in [0.25, 0.3) is 0 Å². The molecule has 1 amide bonds. The summed E-state index contributed by atoms with van der Waals surface area (Å²) >= 11 is 5.20. The van der Waals surface area contributed by atoms with Gasteiger partial charge in [-0.25, -0.2) is 4.79 Å². The van der Waals surface area contributed by atoms with E-state index in [1.807, 2.05) is 48.3 Å². The maximum absolute atomic E-state index is 13.2. The average molecular weight is 512 g/mol. The van der Waals surface area contributed by atoms with E-state index in [4.69, 9.17) is 0 Å². The first-order valence-corrected chi connectivity index (χ1v) is 14.6. The number of benzene rings is 1. The van der Waals surface area contributed by atoms with Crippen LogP contribution < -0.4 is 5.32 Å². The van der Waals surface area contributed by atoms with Crippen LogP contribution in [0.1, 0.15) is 61.9 Å². The molecule has 0 radical (unpaired) electrons. The van der Waals surface area contributed by atoms with Crippen LogP contribution in [0.2, 0.25) is 0 Å². The summed E-state index contributed by atoms with van der Waals surface area (Å²) in [6.07, 6.45) is 10.1. The lowest BCUT2D eigenvalue weighted by molar-refractivity contribution is 0.0910. The Morgan fingerprint density at radius 2 is 2.00 bits per heavy atom. The molecule has 178 valence electrons. The number of rotatable bonds is 5. The summed E-state index contributed by atoms with van der Waals surface area (Å²) in [5.74, 6) is 0.250. The van der Waals surface area contributed by atoms with E-state index in [1.54, 1.807) is 29.3 Å². The van der Waals surface area contributed by atoms with Crippen LogP contribution in [0.3, 0.4) is 0 Å². The van der Waals surface area contributed by atoms with Crippen molar-refractivity contribution in [3.8, 4) is 10.6 Å². The molecule has 2 aliphatic carbocycles. The number of hydrogen-bond donors (Lipinski definition) is 1. The van der Waals surface area contributed by atoms with Gasteiger partial charge in [-0.05, 0) is 60.8 Å². The number of carbonyl (C=O) groups is 2. The third kappa shape index (κ3) is 4.86. The molecule has 0 atom stereocenters. The molecule has 0 spiro atoms.